The fraction of sp³-hybridized carbons (Fsp3) is 1.00. The van der Waals surface area contributed by atoms with Gasteiger partial charge in [0, 0.05) is 14.2 Å². The molecule has 0 fully saturated rings. The Labute approximate surface area is 55.3 Å². The number of aliphatic hydroxyl groups excluding tert-OH is 2. The van der Waals surface area contributed by atoms with Gasteiger partial charge in [0.15, 0.2) is 0 Å². The van der Waals surface area contributed by atoms with Crippen molar-refractivity contribution < 1.29 is 10.2 Å². The molecule has 0 bridgehead atoms. The summed E-state index contributed by atoms with van der Waals surface area (Å²) in [6, 6.07) is 0. The monoisotopic (exact) mass is 164 g/mol. The molecule has 2 N–H and O–H groups in total. The Bertz CT molecular complexity index is 13.7. The van der Waals surface area contributed by atoms with Crippen LogP contribution in [0.15, 0.2) is 0 Å². The van der Waals surface area contributed by atoms with Crippen LogP contribution in [0.2, 0.25) is 0 Å². The third-order valence-electron chi connectivity index (χ3n) is 0. The Balaban J connectivity index is -0.0000000360. The van der Waals surface area contributed by atoms with E-state index in [2.05, 4.69) is 0 Å². The van der Waals surface area contributed by atoms with E-state index in [1.54, 1.807) is 0 Å². The summed E-state index contributed by atoms with van der Waals surface area (Å²) in [7, 11) is 1.36. The summed E-state index contributed by atoms with van der Waals surface area (Å²) < 4.78 is 0. The van der Waals surface area contributed by atoms with Gasteiger partial charge in [0.05, 0.1) is 0 Å². The molecule has 0 atom stereocenters. The van der Waals surface area contributed by atoms with Gasteiger partial charge in [-0.1, -0.05) is 0 Å². The van der Waals surface area contributed by atoms with Gasteiger partial charge in [-0.2, -0.15) is 22.2 Å². The zero-order valence-electron chi connectivity index (χ0n) is 4.36. The van der Waals surface area contributed by atoms with E-state index in [1.807, 2.05) is 0 Å². The second kappa shape index (κ2) is 74.5. The van der Waals surface area contributed by atoms with Gasteiger partial charge >= 0.3 is 0 Å². The summed E-state index contributed by atoms with van der Waals surface area (Å²) in [5.41, 5.74) is 0. The topological polar surface area (TPSA) is 40.5 Å². The van der Waals surface area contributed by atoms with Crippen molar-refractivity contribution in [3.8, 4) is 0 Å². The molecule has 48 valence electrons. The lowest BCUT2D eigenvalue weighted by atomic mass is 11.8. The largest absolute Gasteiger partial charge is 0.400 e. The highest BCUT2D eigenvalue weighted by atomic mass is 35.7. The first-order valence-electron chi connectivity index (χ1n) is 1.43. The predicted octanol–water partition coefficient (Wildman–Crippen LogP) is -0.320. The molecule has 0 saturated carbocycles. The van der Waals surface area contributed by atoms with Crippen LogP contribution in [0.4, 0.5) is 0 Å². The molecule has 0 aromatic carbocycles. The first kappa shape index (κ1) is 15.6. The normalized spacial score (nSPS) is 4.29. The molecule has 0 aromatic rings. The van der Waals surface area contributed by atoms with Gasteiger partial charge in [-0.05, 0) is 0 Å². The maximum absolute atomic E-state index is 7.00. The lowest BCUT2D eigenvalue weighted by Gasteiger charge is -1.39. The Kier molecular flexibility index (Phi) is 166. The Morgan fingerprint density at radius 3 is 1.00 bits per heavy atom. The molecule has 7 heavy (non-hydrogen) atoms. The molecular formula is C2H10Cl2O2Si. The van der Waals surface area contributed by atoms with Gasteiger partial charge < -0.3 is 10.2 Å². The van der Waals surface area contributed by atoms with E-state index in [0.29, 0.717) is 0 Å². The van der Waals surface area contributed by atoms with Gasteiger partial charge in [-0.3, -0.25) is 0 Å². The highest BCUT2D eigenvalue weighted by Crippen LogP contribution is 1.67. The zero-order valence-corrected chi connectivity index (χ0v) is 7.28. The third-order valence-corrected chi connectivity index (χ3v) is 0. The van der Waals surface area contributed by atoms with E-state index in [9.17, 15) is 0 Å². The molecule has 0 heterocycles. The van der Waals surface area contributed by atoms with E-state index < -0.39 is 8.14 Å². The molecule has 0 radical (unpaired) electrons. The average Bonchev–Trinajstić information content (AvgIpc) is 1.78. The van der Waals surface area contributed by atoms with Crippen molar-refractivity contribution in [3.05, 3.63) is 0 Å². The maximum Gasteiger partial charge on any atom is 0.222 e. The van der Waals surface area contributed by atoms with Crippen molar-refractivity contribution in [2.24, 2.45) is 0 Å². The molecule has 0 unspecified atom stereocenters. The quantitative estimate of drug-likeness (QED) is 0.381. The summed E-state index contributed by atoms with van der Waals surface area (Å²) in [6.45, 7) is 0. The molecule has 0 spiro atoms. The van der Waals surface area contributed by atoms with E-state index in [1.165, 1.54) is 0 Å². The fourth-order valence-corrected chi connectivity index (χ4v) is 0. The van der Waals surface area contributed by atoms with Crippen molar-refractivity contribution in [1.82, 2.24) is 0 Å². The molecule has 2 nitrogen and oxygen atoms in total. The Morgan fingerprint density at radius 2 is 1.00 bits per heavy atom. The summed E-state index contributed by atoms with van der Waals surface area (Å²) in [5, 5.41) is 14.0. The number of hydrogen-bond donors (Lipinski definition) is 2. The number of hydrogen-bond acceptors (Lipinski definition) is 2. The van der Waals surface area contributed by atoms with E-state index in [-0.39, 0.29) is 0 Å². The SMILES string of the molecule is CO.CO.Cl[SiH2]Cl. The smallest absolute Gasteiger partial charge is 0.222 e. The Morgan fingerprint density at radius 1 is 1.00 bits per heavy atom. The molecule has 0 aliphatic heterocycles. The van der Waals surface area contributed by atoms with Crippen molar-refractivity contribution in [2.45, 2.75) is 0 Å². The van der Waals surface area contributed by atoms with Gasteiger partial charge in [-0.25, -0.2) is 0 Å². The molecule has 5 heteroatoms. The third kappa shape index (κ3) is 291. The minimum atomic E-state index is -0.639. The number of rotatable bonds is 0. The highest BCUT2D eigenvalue weighted by Gasteiger charge is 1.46. The number of aliphatic hydroxyl groups is 2. The van der Waals surface area contributed by atoms with Crippen LogP contribution in [0.25, 0.3) is 0 Å². The van der Waals surface area contributed by atoms with Gasteiger partial charge in [-0.15, -0.1) is 0 Å². The van der Waals surface area contributed by atoms with Crippen LogP contribution in [-0.2, 0) is 0 Å². The average molecular weight is 165 g/mol. The standard InChI is InChI=1S/2CH4O.Cl2H2Si/c2*1-2;1-3-2/h2*2H,1H3;3H2. The van der Waals surface area contributed by atoms with Crippen LogP contribution < -0.4 is 0 Å². The zero-order chi connectivity index (χ0) is 6.71. The van der Waals surface area contributed by atoms with Crippen molar-refractivity contribution in [1.29, 1.82) is 0 Å². The highest BCUT2D eigenvalue weighted by molar-refractivity contribution is 7.22. The van der Waals surface area contributed by atoms with Crippen LogP contribution in [0.5, 0.6) is 0 Å². The molecular weight excluding hydrogens is 155 g/mol. The first-order chi connectivity index (χ1) is 3.41. The van der Waals surface area contributed by atoms with Crippen molar-refractivity contribution in [3.63, 3.8) is 0 Å². The summed E-state index contributed by atoms with van der Waals surface area (Å²) in [6.07, 6.45) is 0. The summed E-state index contributed by atoms with van der Waals surface area (Å²) in [5.74, 6) is 0. The van der Waals surface area contributed by atoms with Crippen LogP contribution in [0, 0.1) is 0 Å². The van der Waals surface area contributed by atoms with Crippen LogP contribution in [0.1, 0.15) is 0 Å². The molecule has 0 aliphatic rings. The summed E-state index contributed by atoms with van der Waals surface area (Å²) >= 11 is 9.81. The van der Waals surface area contributed by atoms with Gasteiger partial charge in [0.25, 0.3) is 0 Å². The van der Waals surface area contributed by atoms with Gasteiger partial charge in [0.1, 0.15) is 0 Å². The maximum atomic E-state index is 7.00. The first-order valence-corrected chi connectivity index (χ1v) is 5.71. The fourth-order valence-electron chi connectivity index (χ4n) is 0. The van der Waals surface area contributed by atoms with Crippen LogP contribution >= 0.6 is 22.2 Å². The molecule has 0 saturated heterocycles. The molecule has 0 aliphatic carbocycles. The van der Waals surface area contributed by atoms with Crippen molar-refractivity contribution >= 4 is 30.3 Å². The van der Waals surface area contributed by atoms with Crippen molar-refractivity contribution in [2.75, 3.05) is 14.2 Å². The lowest BCUT2D eigenvalue weighted by molar-refractivity contribution is 0.399. The van der Waals surface area contributed by atoms with E-state index in [4.69, 9.17) is 32.4 Å². The second-order valence-electron chi connectivity index (χ2n) is 0.101. The minimum absolute atomic E-state index is 0.639. The second-order valence-corrected chi connectivity index (χ2v) is 2.73. The summed E-state index contributed by atoms with van der Waals surface area (Å²) in [4.78, 5) is 0. The van der Waals surface area contributed by atoms with E-state index in [0.717, 1.165) is 14.2 Å². The van der Waals surface area contributed by atoms with Gasteiger partial charge in [0.2, 0.25) is 8.14 Å². The van der Waals surface area contributed by atoms with E-state index >= 15 is 0 Å². The Hall–Kier alpha value is 0.717. The molecule has 0 rings (SSSR count). The number of halogens is 2. The minimum Gasteiger partial charge on any atom is -0.400 e. The molecule has 0 aromatic heterocycles. The van der Waals surface area contributed by atoms with Crippen LogP contribution in [-0.4, -0.2) is 32.6 Å². The molecule has 0 amide bonds. The predicted molar refractivity (Wildman–Crippen MR) is 36.5 cm³/mol. The lowest BCUT2D eigenvalue weighted by Crippen LogP contribution is -1.36. The van der Waals surface area contributed by atoms with Crippen LogP contribution in [0.3, 0.4) is 0 Å².